The van der Waals surface area contributed by atoms with Crippen molar-refractivity contribution in [3.8, 4) is 0 Å². The first-order valence-corrected chi connectivity index (χ1v) is 11.1. The maximum absolute atomic E-state index is 10.8. The van der Waals surface area contributed by atoms with Gasteiger partial charge in [-0.05, 0) is 16.7 Å². The lowest BCUT2D eigenvalue weighted by molar-refractivity contribution is -0.199. The Morgan fingerprint density at radius 2 is 1.03 bits per heavy atom. The van der Waals surface area contributed by atoms with E-state index in [1.807, 2.05) is 91.0 Å². The van der Waals surface area contributed by atoms with E-state index in [1.165, 1.54) is 0 Å². The lowest BCUT2D eigenvalue weighted by Crippen LogP contribution is -2.49. The average molecular weight is 451 g/mol. The molecule has 1 aliphatic heterocycles. The number of ether oxygens (including phenoxy) is 4. The van der Waals surface area contributed by atoms with Gasteiger partial charge < -0.3 is 29.2 Å². The van der Waals surface area contributed by atoms with Gasteiger partial charge in [-0.1, -0.05) is 91.0 Å². The van der Waals surface area contributed by atoms with Gasteiger partial charge >= 0.3 is 0 Å². The van der Waals surface area contributed by atoms with Crippen LogP contribution in [0.15, 0.2) is 91.0 Å². The van der Waals surface area contributed by atoms with Crippen molar-refractivity contribution in [2.45, 2.75) is 50.5 Å². The molecule has 2 N–H and O–H groups in total. The smallest absolute Gasteiger partial charge is 0.183 e. The van der Waals surface area contributed by atoms with Crippen molar-refractivity contribution in [1.82, 2.24) is 0 Å². The summed E-state index contributed by atoms with van der Waals surface area (Å²) in [5, 5.41) is 21.2. The summed E-state index contributed by atoms with van der Waals surface area (Å²) in [7, 11) is 0. The van der Waals surface area contributed by atoms with Crippen LogP contribution in [0.4, 0.5) is 0 Å². The highest BCUT2D eigenvalue weighted by Gasteiger charge is 2.43. The van der Waals surface area contributed by atoms with Crippen LogP contribution in [0.3, 0.4) is 0 Å². The first-order chi connectivity index (χ1) is 16.2. The molecule has 1 saturated heterocycles. The van der Waals surface area contributed by atoms with Crippen LogP contribution in [0.5, 0.6) is 0 Å². The minimum Gasteiger partial charge on any atom is -0.385 e. The Hall–Kier alpha value is -2.58. The Morgan fingerprint density at radius 3 is 1.52 bits per heavy atom. The Bertz CT molecular complexity index is 937. The number of aliphatic hydroxyl groups is 2. The number of hydrogen-bond donors (Lipinski definition) is 2. The number of aliphatic hydroxyl groups excluding tert-OH is 2. The topological polar surface area (TPSA) is 77.4 Å². The molecule has 0 bridgehead atoms. The number of rotatable bonds is 9. The van der Waals surface area contributed by atoms with Gasteiger partial charge in [0.05, 0.1) is 26.4 Å². The van der Waals surface area contributed by atoms with Gasteiger partial charge in [0, 0.05) is 0 Å². The van der Waals surface area contributed by atoms with Crippen LogP contribution in [0.1, 0.15) is 16.7 Å². The molecule has 0 radical (unpaired) electrons. The Kier molecular flexibility index (Phi) is 8.60. The third kappa shape index (κ3) is 6.71. The molecule has 1 fully saturated rings. The summed E-state index contributed by atoms with van der Waals surface area (Å²) >= 11 is 0. The summed E-state index contributed by atoms with van der Waals surface area (Å²) in [5.41, 5.74) is 2.95. The summed E-state index contributed by atoms with van der Waals surface area (Å²) in [6.07, 6.45) is -4.77. The second-order valence-electron chi connectivity index (χ2n) is 8.07. The fraction of sp³-hybridized carbons (Fsp3) is 0.333. The summed E-state index contributed by atoms with van der Waals surface area (Å²) in [6, 6.07) is 29.2. The molecule has 0 aliphatic carbocycles. The van der Waals surface area contributed by atoms with Gasteiger partial charge in [-0.15, -0.1) is 0 Å². The molecule has 6 heteroatoms. The normalized spacial score (nSPS) is 25.5. The van der Waals surface area contributed by atoms with Crippen molar-refractivity contribution in [3.05, 3.63) is 108 Å². The maximum Gasteiger partial charge on any atom is 0.183 e. The number of benzene rings is 3. The van der Waals surface area contributed by atoms with Crippen LogP contribution in [-0.2, 0) is 38.8 Å². The Labute approximate surface area is 194 Å². The van der Waals surface area contributed by atoms with E-state index < -0.39 is 30.7 Å². The van der Waals surface area contributed by atoms with Crippen LogP contribution in [0.2, 0.25) is 0 Å². The quantitative estimate of drug-likeness (QED) is 0.520. The molecule has 5 atom stereocenters. The van der Waals surface area contributed by atoms with E-state index in [9.17, 15) is 10.2 Å². The lowest BCUT2D eigenvalue weighted by Gasteiger charge is -2.33. The van der Waals surface area contributed by atoms with E-state index in [-0.39, 0.29) is 13.2 Å². The molecule has 1 heterocycles. The van der Waals surface area contributed by atoms with E-state index in [0.717, 1.165) is 16.7 Å². The Morgan fingerprint density at radius 1 is 0.606 bits per heavy atom. The summed E-state index contributed by atoms with van der Waals surface area (Å²) < 4.78 is 24.1. The van der Waals surface area contributed by atoms with Crippen molar-refractivity contribution < 1.29 is 29.2 Å². The van der Waals surface area contributed by atoms with E-state index in [0.29, 0.717) is 13.2 Å². The highest BCUT2D eigenvalue weighted by molar-refractivity contribution is 5.15. The third-order valence-electron chi connectivity index (χ3n) is 5.63. The Balaban J connectivity index is 1.53. The molecular weight excluding hydrogens is 420 g/mol. The molecule has 0 amide bonds. The molecule has 0 spiro atoms. The van der Waals surface area contributed by atoms with Crippen LogP contribution in [0.25, 0.3) is 0 Å². The van der Waals surface area contributed by atoms with Gasteiger partial charge in [-0.2, -0.15) is 0 Å². The molecule has 0 unspecified atom stereocenters. The van der Waals surface area contributed by atoms with Gasteiger partial charge in [0.15, 0.2) is 6.29 Å². The van der Waals surface area contributed by atoms with Crippen molar-refractivity contribution in [2.24, 2.45) is 0 Å². The molecule has 33 heavy (non-hydrogen) atoms. The average Bonchev–Trinajstić information content (AvgIpc) is 2.98. The van der Waals surface area contributed by atoms with Gasteiger partial charge in [0.1, 0.15) is 24.4 Å². The zero-order valence-corrected chi connectivity index (χ0v) is 18.4. The van der Waals surface area contributed by atoms with Gasteiger partial charge in [0.25, 0.3) is 0 Å². The molecular formula is C27H30O6. The lowest BCUT2D eigenvalue weighted by atomic mass is 10.0. The first kappa shape index (κ1) is 23.6. The predicted octanol–water partition coefficient (Wildman–Crippen LogP) is 3.45. The van der Waals surface area contributed by atoms with Crippen molar-refractivity contribution in [3.63, 3.8) is 0 Å². The third-order valence-corrected chi connectivity index (χ3v) is 5.63. The SMILES string of the molecule is O[C@H]1[C@H](OCc2ccccc2)[C@@H](OCc2ccccc2)[C@H](OCc2ccccc2)CO[C@@H]1O. The van der Waals surface area contributed by atoms with E-state index in [1.54, 1.807) is 0 Å². The van der Waals surface area contributed by atoms with E-state index in [4.69, 9.17) is 18.9 Å². The van der Waals surface area contributed by atoms with Gasteiger partial charge in [-0.25, -0.2) is 0 Å². The minimum atomic E-state index is -1.40. The molecule has 0 aromatic heterocycles. The van der Waals surface area contributed by atoms with E-state index >= 15 is 0 Å². The van der Waals surface area contributed by atoms with Crippen LogP contribution in [0, 0.1) is 0 Å². The van der Waals surface area contributed by atoms with Crippen molar-refractivity contribution in [1.29, 1.82) is 0 Å². The molecule has 0 saturated carbocycles. The number of hydrogen-bond acceptors (Lipinski definition) is 6. The predicted molar refractivity (Wildman–Crippen MR) is 123 cm³/mol. The summed E-state index contributed by atoms with van der Waals surface area (Å²) in [4.78, 5) is 0. The van der Waals surface area contributed by atoms with Crippen molar-refractivity contribution in [2.75, 3.05) is 6.61 Å². The summed E-state index contributed by atoms with van der Waals surface area (Å²) in [6.45, 7) is 0.976. The largest absolute Gasteiger partial charge is 0.385 e. The standard InChI is InChI=1S/C27H30O6/c28-24-26(32-18-22-14-8-3-9-15-22)25(31-17-21-12-6-2-7-13-21)23(19-33-27(24)29)30-16-20-10-4-1-5-11-20/h1-15,23-29H,16-19H2/t23-,24+,25+,26+,27+/m1/s1. The van der Waals surface area contributed by atoms with Crippen LogP contribution < -0.4 is 0 Å². The van der Waals surface area contributed by atoms with E-state index in [2.05, 4.69) is 0 Å². The fourth-order valence-electron chi connectivity index (χ4n) is 3.80. The van der Waals surface area contributed by atoms with Crippen molar-refractivity contribution >= 4 is 0 Å². The zero-order valence-electron chi connectivity index (χ0n) is 18.4. The maximum atomic E-state index is 10.8. The molecule has 6 nitrogen and oxygen atoms in total. The second-order valence-corrected chi connectivity index (χ2v) is 8.07. The highest BCUT2D eigenvalue weighted by Crippen LogP contribution is 2.25. The molecule has 4 rings (SSSR count). The second kappa shape index (κ2) is 12.0. The monoisotopic (exact) mass is 450 g/mol. The molecule has 1 aliphatic rings. The van der Waals surface area contributed by atoms with Gasteiger partial charge in [0.2, 0.25) is 0 Å². The molecule has 3 aromatic carbocycles. The highest BCUT2D eigenvalue weighted by atomic mass is 16.6. The fourth-order valence-corrected chi connectivity index (χ4v) is 3.80. The molecule has 174 valence electrons. The van der Waals surface area contributed by atoms with Gasteiger partial charge in [-0.3, -0.25) is 0 Å². The van der Waals surface area contributed by atoms with Crippen LogP contribution in [-0.4, -0.2) is 47.5 Å². The zero-order chi connectivity index (χ0) is 22.9. The minimum absolute atomic E-state index is 0.0652. The van der Waals surface area contributed by atoms with Crippen LogP contribution >= 0.6 is 0 Å². The summed E-state index contributed by atoms with van der Waals surface area (Å²) in [5.74, 6) is 0. The first-order valence-electron chi connectivity index (χ1n) is 11.1. The molecule has 3 aromatic rings.